The van der Waals surface area contributed by atoms with Gasteiger partial charge >= 0.3 is 0 Å². The second-order valence-corrected chi connectivity index (χ2v) is 11.3. The van der Waals surface area contributed by atoms with Crippen molar-refractivity contribution in [3.05, 3.63) is 47.8 Å². The van der Waals surface area contributed by atoms with Gasteiger partial charge in [0, 0.05) is 18.8 Å². The predicted molar refractivity (Wildman–Crippen MR) is 121 cm³/mol. The molecule has 0 aliphatic heterocycles. The highest BCUT2D eigenvalue weighted by Gasteiger charge is 2.54. The number of ether oxygens (including phenoxy) is 1. The SMILES string of the molecule is CN(C(=O)c1ccn(COc2ccc(C(C)(C)C)cc2)n1)C12CC3CC(CC(C3)C1)C2. The predicted octanol–water partition coefficient (Wildman–Crippen LogP) is 5.26. The summed E-state index contributed by atoms with van der Waals surface area (Å²) in [6.07, 6.45) is 9.50. The molecule has 1 amide bonds. The first-order valence-corrected chi connectivity index (χ1v) is 11.8. The van der Waals surface area contributed by atoms with Gasteiger partial charge < -0.3 is 9.64 Å². The van der Waals surface area contributed by atoms with Gasteiger partial charge in [0.1, 0.15) is 5.75 Å². The van der Waals surface area contributed by atoms with E-state index in [1.165, 1.54) is 44.1 Å². The van der Waals surface area contributed by atoms with E-state index in [1.54, 1.807) is 4.68 Å². The van der Waals surface area contributed by atoms with E-state index in [9.17, 15) is 4.79 Å². The Kier molecular flexibility index (Phi) is 4.91. The van der Waals surface area contributed by atoms with E-state index in [2.05, 4.69) is 38.0 Å². The smallest absolute Gasteiger partial charge is 0.274 e. The van der Waals surface area contributed by atoms with Gasteiger partial charge in [-0.15, -0.1) is 0 Å². The Morgan fingerprint density at radius 1 is 1.06 bits per heavy atom. The lowest BCUT2D eigenvalue weighted by molar-refractivity contribution is -0.0667. The Labute approximate surface area is 185 Å². The summed E-state index contributed by atoms with van der Waals surface area (Å²) in [6, 6.07) is 10.0. The maximum Gasteiger partial charge on any atom is 0.274 e. The van der Waals surface area contributed by atoms with Crippen LogP contribution in [0.4, 0.5) is 0 Å². The molecular weight excluding hydrogens is 386 g/mol. The molecule has 4 fully saturated rings. The quantitative estimate of drug-likeness (QED) is 0.662. The Hall–Kier alpha value is -2.30. The summed E-state index contributed by atoms with van der Waals surface area (Å²) >= 11 is 0. The molecule has 31 heavy (non-hydrogen) atoms. The fourth-order valence-corrected chi connectivity index (χ4v) is 6.60. The molecular formula is C26H35N3O2. The topological polar surface area (TPSA) is 47.4 Å². The van der Waals surface area contributed by atoms with E-state index in [4.69, 9.17) is 4.74 Å². The molecule has 0 unspecified atom stereocenters. The standard InChI is InChI=1S/C26H35N3O2/c1-25(2,3)21-5-7-22(8-6-21)31-17-29-10-9-23(27-29)24(30)28(4)26-14-18-11-19(15-26)13-20(12-18)16-26/h5-10,18-20H,11-17H2,1-4H3. The first-order valence-electron chi connectivity index (χ1n) is 11.8. The second kappa shape index (κ2) is 7.39. The molecule has 0 saturated heterocycles. The molecule has 4 bridgehead atoms. The van der Waals surface area contributed by atoms with Crippen LogP contribution in [0.15, 0.2) is 36.5 Å². The molecule has 0 N–H and O–H groups in total. The number of nitrogens with zero attached hydrogens (tertiary/aromatic N) is 3. The third kappa shape index (κ3) is 3.88. The van der Waals surface area contributed by atoms with Crippen molar-refractivity contribution in [1.82, 2.24) is 14.7 Å². The van der Waals surface area contributed by atoms with Crippen molar-refractivity contribution in [1.29, 1.82) is 0 Å². The van der Waals surface area contributed by atoms with Gasteiger partial charge in [-0.05, 0) is 85.5 Å². The summed E-state index contributed by atoms with van der Waals surface area (Å²) in [5.74, 6) is 3.31. The van der Waals surface area contributed by atoms with Crippen molar-refractivity contribution in [2.45, 2.75) is 77.0 Å². The van der Waals surface area contributed by atoms with Gasteiger partial charge in [0.25, 0.3) is 5.91 Å². The zero-order chi connectivity index (χ0) is 21.8. The highest BCUT2D eigenvalue weighted by Crippen LogP contribution is 2.57. The zero-order valence-electron chi connectivity index (χ0n) is 19.3. The van der Waals surface area contributed by atoms with Gasteiger partial charge in [-0.1, -0.05) is 32.9 Å². The van der Waals surface area contributed by atoms with Crippen LogP contribution in [-0.2, 0) is 12.1 Å². The van der Waals surface area contributed by atoms with Crippen LogP contribution in [0, 0.1) is 17.8 Å². The normalized spacial score (nSPS) is 29.2. The molecule has 5 heteroatoms. The van der Waals surface area contributed by atoms with Crippen LogP contribution in [0.2, 0.25) is 0 Å². The summed E-state index contributed by atoms with van der Waals surface area (Å²) in [5.41, 5.74) is 1.98. The molecule has 4 aliphatic carbocycles. The van der Waals surface area contributed by atoms with E-state index in [1.807, 2.05) is 36.3 Å². The minimum Gasteiger partial charge on any atom is -0.471 e. The highest BCUT2D eigenvalue weighted by atomic mass is 16.5. The third-order valence-corrected chi connectivity index (χ3v) is 7.97. The summed E-state index contributed by atoms with van der Waals surface area (Å²) in [7, 11) is 2.00. The highest BCUT2D eigenvalue weighted by molar-refractivity contribution is 5.92. The van der Waals surface area contributed by atoms with Crippen LogP contribution in [-0.4, -0.2) is 33.2 Å². The number of rotatable bonds is 5. The number of hydrogen-bond acceptors (Lipinski definition) is 3. The van der Waals surface area contributed by atoms with Crippen LogP contribution in [0.1, 0.15) is 75.3 Å². The Balaban J connectivity index is 1.23. The number of hydrogen-bond donors (Lipinski definition) is 0. The fraction of sp³-hybridized carbons (Fsp3) is 0.615. The maximum absolute atomic E-state index is 13.3. The minimum absolute atomic E-state index is 0.0511. The summed E-state index contributed by atoms with van der Waals surface area (Å²) in [4.78, 5) is 15.3. The number of carbonyl (C=O) groups is 1. The molecule has 0 atom stereocenters. The average molecular weight is 422 g/mol. The van der Waals surface area contributed by atoms with Crippen LogP contribution < -0.4 is 4.74 Å². The fourth-order valence-electron chi connectivity index (χ4n) is 6.60. The number of aromatic nitrogens is 2. The largest absolute Gasteiger partial charge is 0.471 e. The van der Waals surface area contributed by atoms with Crippen molar-refractivity contribution in [3.63, 3.8) is 0 Å². The summed E-state index contributed by atoms with van der Waals surface area (Å²) < 4.78 is 7.60. The van der Waals surface area contributed by atoms with E-state index in [0.29, 0.717) is 12.4 Å². The average Bonchev–Trinajstić information content (AvgIpc) is 3.19. The molecule has 1 aromatic heterocycles. The van der Waals surface area contributed by atoms with Crippen molar-refractivity contribution < 1.29 is 9.53 Å². The Morgan fingerprint density at radius 2 is 1.65 bits per heavy atom. The monoisotopic (exact) mass is 421 g/mol. The van der Waals surface area contributed by atoms with Crippen molar-refractivity contribution in [2.75, 3.05) is 7.05 Å². The van der Waals surface area contributed by atoms with Crippen molar-refractivity contribution in [2.24, 2.45) is 17.8 Å². The zero-order valence-corrected chi connectivity index (χ0v) is 19.3. The molecule has 5 nitrogen and oxygen atoms in total. The first kappa shape index (κ1) is 20.6. The molecule has 2 aromatic rings. The third-order valence-electron chi connectivity index (χ3n) is 7.97. The van der Waals surface area contributed by atoms with E-state index < -0.39 is 0 Å². The van der Waals surface area contributed by atoms with Gasteiger partial charge in [0.15, 0.2) is 12.4 Å². The molecule has 0 spiro atoms. The molecule has 1 heterocycles. The van der Waals surface area contributed by atoms with Crippen molar-refractivity contribution in [3.8, 4) is 5.75 Å². The van der Waals surface area contributed by atoms with Gasteiger partial charge in [0.2, 0.25) is 0 Å². The van der Waals surface area contributed by atoms with E-state index in [-0.39, 0.29) is 16.9 Å². The number of amides is 1. The second-order valence-electron chi connectivity index (χ2n) is 11.3. The number of benzene rings is 1. The molecule has 1 aromatic carbocycles. The van der Waals surface area contributed by atoms with Crippen LogP contribution >= 0.6 is 0 Å². The Morgan fingerprint density at radius 3 is 2.19 bits per heavy atom. The lowest BCUT2D eigenvalue weighted by Crippen LogP contribution is -2.60. The van der Waals surface area contributed by atoms with Gasteiger partial charge in [-0.3, -0.25) is 4.79 Å². The first-order chi connectivity index (χ1) is 14.7. The Bertz CT molecular complexity index is 918. The summed E-state index contributed by atoms with van der Waals surface area (Å²) in [5, 5.41) is 4.53. The van der Waals surface area contributed by atoms with Gasteiger partial charge in [-0.2, -0.15) is 5.10 Å². The molecule has 4 saturated carbocycles. The van der Waals surface area contributed by atoms with Gasteiger partial charge in [-0.25, -0.2) is 4.68 Å². The van der Waals surface area contributed by atoms with Crippen LogP contribution in [0.25, 0.3) is 0 Å². The molecule has 4 aliphatic rings. The minimum atomic E-state index is 0.0511. The summed E-state index contributed by atoms with van der Waals surface area (Å²) in [6.45, 7) is 6.89. The number of carbonyl (C=O) groups excluding carboxylic acids is 1. The maximum atomic E-state index is 13.3. The van der Waals surface area contributed by atoms with E-state index in [0.717, 1.165) is 23.5 Å². The van der Waals surface area contributed by atoms with Crippen LogP contribution in [0.3, 0.4) is 0 Å². The lowest BCUT2D eigenvalue weighted by atomic mass is 9.52. The molecule has 0 radical (unpaired) electrons. The van der Waals surface area contributed by atoms with Crippen molar-refractivity contribution >= 4 is 5.91 Å². The molecule has 6 rings (SSSR count). The van der Waals surface area contributed by atoms with Crippen LogP contribution in [0.5, 0.6) is 5.75 Å². The lowest BCUT2D eigenvalue weighted by Gasteiger charge is -2.59. The van der Waals surface area contributed by atoms with Gasteiger partial charge in [0.05, 0.1) is 0 Å². The molecule has 166 valence electrons. The van der Waals surface area contributed by atoms with E-state index >= 15 is 0 Å².